The summed E-state index contributed by atoms with van der Waals surface area (Å²) < 4.78 is 2.19. The molecular formula is C14H8Br2INO3. The monoisotopic (exact) mass is 523 g/mol. The van der Waals surface area contributed by atoms with Crippen LogP contribution in [0, 0.1) is 3.57 Å². The summed E-state index contributed by atoms with van der Waals surface area (Å²) in [5.74, 6) is -1.36. The van der Waals surface area contributed by atoms with Crippen molar-refractivity contribution in [1.82, 2.24) is 0 Å². The van der Waals surface area contributed by atoms with Crippen LogP contribution >= 0.6 is 54.5 Å². The van der Waals surface area contributed by atoms with E-state index in [1.807, 2.05) is 6.07 Å². The van der Waals surface area contributed by atoms with E-state index >= 15 is 0 Å². The van der Waals surface area contributed by atoms with Crippen molar-refractivity contribution in [2.75, 3.05) is 5.32 Å². The summed E-state index contributed by atoms with van der Waals surface area (Å²) in [6.07, 6.45) is 0. The van der Waals surface area contributed by atoms with Crippen LogP contribution in [0.2, 0.25) is 0 Å². The molecule has 0 atom stereocenters. The van der Waals surface area contributed by atoms with Gasteiger partial charge in [0.2, 0.25) is 0 Å². The molecule has 0 heterocycles. The molecule has 0 aliphatic rings. The highest BCUT2D eigenvalue weighted by Gasteiger charge is 2.13. The zero-order valence-corrected chi connectivity index (χ0v) is 15.7. The zero-order valence-electron chi connectivity index (χ0n) is 10.4. The third-order valence-electron chi connectivity index (χ3n) is 2.58. The van der Waals surface area contributed by atoms with Crippen molar-refractivity contribution in [2.24, 2.45) is 0 Å². The van der Waals surface area contributed by atoms with Gasteiger partial charge in [-0.1, -0.05) is 15.9 Å². The molecule has 0 saturated carbocycles. The predicted octanol–water partition coefficient (Wildman–Crippen LogP) is 4.77. The van der Waals surface area contributed by atoms with E-state index in [0.717, 1.165) is 3.57 Å². The lowest BCUT2D eigenvalue weighted by Crippen LogP contribution is -2.13. The van der Waals surface area contributed by atoms with E-state index < -0.39 is 5.97 Å². The molecule has 0 unspecified atom stereocenters. The molecule has 2 aromatic rings. The lowest BCUT2D eigenvalue weighted by Gasteiger charge is -2.09. The first-order chi connectivity index (χ1) is 9.86. The molecule has 4 nitrogen and oxygen atoms in total. The molecule has 2 aromatic carbocycles. The summed E-state index contributed by atoms with van der Waals surface area (Å²) in [7, 11) is 0. The molecule has 1 amide bonds. The normalized spacial score (nSPS) is 10.2. The van der Waals surface area contributed by atoms with Crippen molar-refractivity contribution in [3.63, 3.8) is 0 Å². The van der Waals surface area contributed by atoms with Gasteiger partial charge in [-0.05, 0) is 74.9 Å². The van der Waals surface area contributed by atoms with Gasteiger partial charge in [0, 0.05) is 18.2 Å². The van der Waals surface area contributed by atoms with Gasteiger partial charge in [-0.2, -0.15) is 0 Å². The highest BCUT2D eigenvalue weighted by Crippen LogP contribution is 2.23. The molecule has 7 heteroatoms. The number of rotatable bonds is 3. The first-order valence-corrected chi connectivity index (χ1v) is 8.33. The van der Waals surface area contributed by atoms with Crippen LogP contribution in [-0.4, -0.2) is 17.0 Å². The van der Waals surface area contributed by atoms with Crippen LogP contribution in [-0.2, 0) is 0 Å². The van der Waals surface area contributed by atoms with Crippen molar-refractivity contribution in [2.45, 2.75) is 0 Å². The van der Waals surface area contributed by atoms with Gasteiger partial charge in [0.25, 0.3) is 5.91 Å². The second kappa shape index (κ2) is 6.89. The summed E-state index contributed by atoms with van der Waals surface area (Å²) in [4.78, 5) is 23.3. The lowest BCUT2D eigenvalue weighted by atomic mass is 10.1. The predicted molar refractivity (Wildman–Crippen MR) is 95.9 cm³/mol. The molecule has 2 rings (SSSR count). The van der Waals surface area contributed by atoms with Crippen LogP contribution in [0.25, 0.3) is 0 Å². The van der Waals surface area contributed by atoms with E-state index in [0.29, 0.717) is 20.2 Å². The summed E-state index contributed by atoms with van der Waals surface area (Å²) in [5.41, 5.74) is 0.998. The van der Waals surface area contributed by atoms with Crippen LogP contribution in [0.3, 0.4) is 0 Å². The van der Waals surface area contributed by atoms with Gasteiger partial charge >= 0.3 is 5.97 Å². The largest absolute Gasteiger partial charge is 0.478 e. The number of hydrogen-bond acceptors (Lipinski definition) is 2. The number of hydrogen-bond donors (Lipinski definition) is 2. The smallest absolute Gasteiger partial charge is 0.335 e. The first-order valence-electron chi connectivity index (χ1n) is 5.67. The minimum absolute atomic E-state index is 0.0985. The molecule has 0 saturated heterocycles. The summed E-state index contributed by atoms with van der Waals surface area (Å²) in [5, 5.41) is 11.7. The van der Waals surface area contributed by atoms with E-state index in [1.165, 1.54) is 12.1 Å². The van der Waals surface area contributed by atoms with Crippen molar-refractivity contribution in [3.05, 3.63) is 60.0 Å². The minimum atomic E-state index is -1.05. The van der Waals surface area contributed by atoms with Crippen LogP contribution in [0.4, 0.5) is 5.69 Å². The van der Waals surface area contributed by atoms with Crippen molar-refractivity contribution in [1.29, 1.82) is 0 Å². The topological polar surface area (TPSA) is 66.4 Å². The maximum absolute atomic E-state index is 12.3. The van der Waals surface area contributed by atoms with Crippen molar-refractivity contribution < 1.29 is 14.7 Å². The van der Waals surface area contributed by atoms with Gasteiger partial charge in [0.15, 0.2) is 0 Å². The van der Waals surface area contributed by atoms with E-state index in [9.17, 15) is 9.59 Å². The highest BCUT2D eigenvalue weighted by molar-refractivity contribution is 14.1. The number of benzene rings is 2. The van der Waals surface area contributed by atoms with Gasteiger partial charge in [0.05, 0.1) is 11.1 Å². The fourth-order valence-electron chi connectivity index (χ4n) is 1.66. The Labute approximate surface area is 151 Å². The third-order valence-corrected chi connectivity index (χ3v) is 4.40. The Morgan fingerprint density at radius 3 is 2.48 bits per heavy atom. The fourth-order valence-corrected chi connectivity index (χ4v) is 3.07. The van der Waals surface area contributed by atoms with E-state index in [-0.39, 0.29) is 11.5 Å². The number of nitrogens with one attached hydrogen (secondary N) is 1. The number of anilines is 1. The Hall–Kier alpha value is -0.930. The molecule has 21 heavy (non-hydrogen) atoms. The molecule has 0 aliphatic heterocycles. The number of carboxylic acid groups (broad SMARTS) is 1. The Morgan fingerprint density at radius 2 is 1.81 bits per heavy atom. The quantitative estimate of drug-likeness (QED) is 0.569. The highest BCUT2D eigenvalue weighted by atomic mass is 127. The second-order valence-electron chi connectivity index (χ2n) is 4.11. The second-order valence-corrected chi connectivity index (χ2v) is 7.13. The van der Waals surface area contributed by atoms with Gasteiger partial charge < -0.3 is 10.4 Å². The van der Waals surface area contributed by atoms with E-state index in [4.69, 9.17) is 5.11 Å². The molecule has 0 aliphatic carbocycles. The number of carbonyl (C=O) groups is 2. The van der Waals surface area contributed by atoms with Gasteiger partial charge in [-0.15, -0.1) is 0 Å². The molecular weight excluding hydrogens is 517 g/mol. The first kappa shape index (κ1) is 16.4. The number of aromatic carboxylic acids is 1. The molecule has 108 valence electrons. The van der Waals surface area contributed by atoms with Crippen LogP contribution in [0.15, 0.2) is 45.3 Å². The number of carbonyl (C=O) groups excluding carboxylic acids is 1. The minimum Gasteiger partial charge on any atom is -0.478 e. The maximum atomic E-state index is 12.3. The Kier molecular flexibility index (Phi) is 5.39. The Balaban J connectivity index is 2.31. The average molecular weight is 525 g/mol. The number of halogens is 3. The Morgan fingerprint density at radius 1 is 1.10 bits per heavy atom. The van der Waals surface area contributed by atoms with E-state index in [2.05, 4.69) is 59.8 Å². The van der Waals surface area contributed by atoms with E-state index in [1.54, 1.807) is 18.2 Å². The molecule has 2 N–H and O–H groups in total. The fraction of sp³-hybridized carbons (Fsp3) is 0. The number of carboxylic acids is 1. The van der Waals surface area contributed by atoms with Crippen LogP contribution in [0.1, 0.15) is 20.7 Å². The summed E-state index contributed by atoms with van der Waals surface area (Å²) in [6, 6.07) is 9.94. The van der Waals surface area contributed by atoms with Gasteiger partial charge in [0.1, 0.15) is 0 Å². The molecule has 0 fully saturated rings. The van der Waals surface area contributed by atoms with Gasteiger partial charge in [-0.25, -0.2) is 4.79 Å². The van der Waals surface area contributed by atoms with Crippen molar-refractivity contribution in [3.8, 4) is 0 Å². The zero-order chi connectivity index (χ0) is 15.6. The average Bonchev–Trinajstić information content (AvgIpc) is 2.40. The lowest BCUT2D eigenvalue weighted by molar-refractivity contribution is 0.0696. The molecule has 0 bridgehead atoms. The summed E-state index contributed by atoms with van der Waals surface area (Å²) in [6.45, 7) is 0. The molecule has 0 spiro atoms. The van der Waals surface area contributed by atoms with Crippen LogP contribution < -0.4 is 5.32 Å². The van der Waals surface area contributed by atoms with Crippen molar-refractivity contribution >= 4 is 72.0 Å². The number of amides is 1. The van der Waals surface area contributed by atoms with Gasteiger partial charge in [-0.3, -0.25) is 4.79 Å². The Bertz CT molecular complexity index is 734. The summed E-state index contributed by atoms with van der Waals surface area (Å²) >= 11 is 8.68. The van der Waals surface area contributed by atoms with Crippen LogP contribution in [0.5, 0.6) is 0 Å². The maximum Gasteiger partial charge on any atom is 0.335 e. The molecule has 0 aromatic heterocycles. The third kappa shape index (κ3) is 4.27. The molecule has 0 radical (unpaired) electrons. The standard InChI is InChI=1S/C14H8Br2INO3/c15-8-3-7(14(20)21)4-10(5-8)18-13(19)11-6-9(17)1-2-12(11)16/h1-6H,(H,18,19)(H,20,21). The SMILES string of the molecule is O=C(O)c1cc(Br)cc(NC(=O)c2cc(I)ccc2Br)c1.